The summed E-state index contributed by atoms with van der Waals surface area (Å²) in [5.74, 6) is 1.15. The number of likely N-dealkylation sites (tertiary alicyclic amines) is 1. The second-order valence-corrected chi connectivity index (χ2v) is 5.96. The van der Waals surface area contributed by atoms with E-state index in [1.165, 1.54) is 45.2 Å². The number of nitrogens with zero attached hydrogens (tertiary/aromatic N) is 1. The first-order valence-electron chi connectivity index (χ1n) is 6.76. The molecule has 3 rings (SSSR count). The van der Waals surface area contributed by atoms with E-state index in [0.29, 0.717) is 11.3 Å². The molecular formula is C13H23ClN2O. The van der Waals surface area contributed by atoms with Crippen LogP contribution in [0.15, 0.2) is 0 Å². The van der Waals surface area contributed by atoms with Crippen LogP contribution in [0.25, 0.3) is 0 Å². The van der Waals surface area contributed by atoms with Crippen LogP contribution in [0.2, 0.25) is 0 Å². The number of halogens is 1. The summed E-state index contributed by atoms with van der Waals surface area (Å²) in [6.45, 7) is 4.37. The van der Waals surface area contributed by atoms with E-state index in [4.69, 9.17) is 0 Å². The lowest BCUT2D eigenvalue weighted by atomic mass is 9.78. The van der Waals surface area contributed by atoms with Crippen LogP contribution in [0.3, 0.4) is 0 Å². The number of rotatable bonds is 2. The van der Waals surface area contributed by atoms with Gasteiger partial charge in [-0.25, -0.2) is 0 Å². The number of amides is 1. The fraction of sp³-hybridized carbons (Fsp3) is 0.923. The van der Waals surface area contributed by atoms with Gasteiger partial charge in [-0.1, -0.05) is 0 Å². The van der Waals surface area contributed by atoms with Gasteiger partial charge in [-0.3, -0.25) is 4.79 Å². The first-order chi connectivity index (χ1) is 7.77. The van der Waals surface area contributed by atoms with Gasteiger partial charge in [0.15, 0.2) is 0 Å². The first-order valence-corrected chi connectivity index (χ1v) is 6.76. The quantitative estimate of drug-likeness (QED) is 0.819. The molecule has 1 spiro atoms. The van der Waals surface area contributed by atoms with E-state index in [9.17, 15) is 4.79 Å². The van der Waals surface area contributed by atoms with E-state index in [1.807, 2.05) is 0 Å². The standard InChI is InChI=1S/C13H22N2O.ClH/c16-12(9-11-1-2-11)15-7-4-13(5-8-15)3-6-14-10-13;/h11,14H,1-10H2;1H. The van der Waals surface area contributed by atoms with Crippen LogP contribution >= 0.6 is 12.4 Å². The second kappa shape index (κ2) is 5.15. The summed E-state index contributed by atoms with van der Waals surface area (Å²) in [4.78, 5) is 14.1. The summed E-state index contributed by atoms with van der Waals surface area (Å²) in [6.07, 6.45) is 7.15. The Kier molecular flexibility index (Phi) is 3.99. The normalized spacial score (nSPS) is 26.9. The molecule has 2 aliphatic heterocycles. The number of piperidine rings is 1. The Morgan fingerprint density at radius 1 is 1.24 bits per heavy atom. The summed E-state index contributed by atoms with van der Waals surface area (Å²) >= 11 is 0. The zero-order chi connectivity index (χ0) is 11.0. The van der Waals surface area contributed by atoms with Gasteiger partial charge in [0.25, 0.3) is 0 Å². The van der Waals surface area contributed by atoms with Gasteiger partial charge in [-0.2, -0.15) is 0 Å². The Morgan fingerprint density at radius 3 is 2.47 bits per heavy atom. The fourth-order valence-electron chi connectivity index (χ4n) is 3.15. The first kappa shape index (κ1) is 13.2. The van der Waals surface area contributed by atoms with Crippen LogP contribution in [-0.2, 0) is 4.79 Å². The summed E-state index contributed by atoms with van der Waals surface area (Å²) < 4.78 is 0. The van der Waals surface area contributed by atoms with Gasteiger partial charge >= 0.3 is 0 Å². The van der Waals surface area contributed by atoms with Crippen molar-refractivity contribution in [1.29, 1.82) is 0 Å². The highest BCUT2D eigenvalue weighted by Gasteiger charge is 2.38. The van der Waals surface area contributed by atoms with Crippen LogP contribution in [0.5, 0.6) is 0 Å². The number of hydrogen-bond donors (Lipinski definition) is 1. The lowest BCUT2D eigenvalue weighted by Crippen LogP contribution is -2.44. The van der Waals surface area contributed by atoms with E-state index in [-0.39, 0.29) is 12.4 Å². The number of carbonyl (C=O) groups excluding carboxylic acids is 1. The Balaban J connectivity index is 0.00000108. The highest BCUT2D eigenvalue weighted by Crippen LogP contribution is 2.38. The van der Waals surface area contributed by atoms with Gasteiger partial charge in [0.05, 0.1) is 0 Å². The number of carbonyl (C=O) groups is 1. The van der Waals surface area contributed by atoms with Crippen molar-refractivity contribution in [3.8, 4) is 0 Å². The Morgan fingerprint density at radius 2 is 1.94 bits per heavy atom. The molecule has 17 heavy (non-hydrogen) atoms. The topological polar surface area (TPSA) is 32.3 Å². The highest BCUT2D eigenvalue weighted by molar-refractivity contribution is 5.85. The zero-order valence-corrected chi connectivity index (χ0v) is 11.2. The molecule has 98 valence electrons. The van der Waals surface area contributed by atoms with Gasteiger partial charge < -0.3 is 10.2 Å². The Bertz CT molecular complexity index is 275. The molecule has 0 unspecified atom stereocenters. The minimum atomic E-state index is 0. The van der Waals surface area contributed by atoms with Crippen molar-refractivity contribution in [2.45, 2.75) is 38.5 Å². The lowest BCUT2D eigenvalue weighted by molar-refractivity contribution is -0.133. The summed E-state index contributed by atoms with van der Waals surface area (Å²) in [5.41, 5.74) is 0.538. The van der Waals surface area contributed by atoms with Crippen LogP contribution in [0, 0.1) is 11.3 Å². The van der Waals surface area contributed by atoms with Gasteiger partial charge in [-0.15, -0.1) is 12.4 Å². The van der Waals surface area contributed by atoms with Crippen LogP contribution < -0.4 is 5.32 Å². The molecule has 0 aromatic heterocycles. The molecule has 4 heteroatoms. The maximum atomic E-state index is 12.0. The van der Waals surface area contributed by atoms with Gasteiger partial charge in [-0.05, 0) is 50.0 Å². The van der Waals surface area contributed by atoms with Crippen molar-refractivity contribution >= 4 is 18.3 Å². The van der Waals surface area contributed by atoms with Crippen molar-refractivity contribution < 1.29 is 4.79 Å². The molecule has 2 heterocycles. The maximum absolute atomic E-state index is 12.0. The number of hydrogen-bond acceptors (Lipinski definition) is 2. The smallest absolute Gasteiger partial charge is 0.222 e. The predicted molar refractivity (Wildman–Crippen MR) is 70.3 cm³/mol. The van der Waals surface area contributed by atoms with E-state index in [0.717, 1.165) is 25.4 Å². The molecule has 3 aliphatic rings. The van der Waals surface area contributed by atoms with E-state index >= 15 is 0 Å². The summed E-state index contributed by atoms with van der Waals surface area (Å²) in [7, 11) is 0. The molecular weight excluding hydrogens is 236 g/mol. The average Bonchev–Trinajstić information content (AvgIpc) is 3.00. The van der Waals surface area contributed by atoms with Crippen molar-refractivity contribution in [2.24, 2.45) is 11.3 Å². The molecule has 0 atom stereocenters. The SMILES string of the molecule is Cl.O=C(CC1CC1)N1CCC2(CCNC2)CC1. The molecule has 1 amide bonds. The van der Waals surface area contributed by atoms with Crippen LogP contribution in [-0.4, -0.2) is 37.0 Å². The van der Waals surface area contributed by atoms with Crippen molar-refractivity contribution in [2.75, 3.05) is 26.2 Å². The fourth-order valence-corrected chi connectivity index (χ4v) is 3.15. The molecule has 0 bridgehead atoms. The third-order valence-electron chi connectivity index (χ3n) is 4.67. The van der Waals surface area contributed by atoms with E-state index in [1.54, 1.807) is 0 Å². The molecule has 2 saturated heterocycles. The van der Waals surface area contributed by atoms with Gasteiger partial charge in [0.2, 0.25) is 5.91 Å². The van der Waals surface area contributed by atoms with Crippen LogP contribution in [0.1, 0.15) is 38.5 Å². The molecule has 1 aliphatic carbocycles. The maximum Gasteiger partial charge on any atom is 0.222 e. The van der Waals surface area contributed by atoms with Crippen molar-refractivity contribution in [3.05, 3.63) is 0 Å². The van der Waals surface area contributed by atoms with Gasteiger partial charge in [0, 0.05) is 26.1 Å². The molecule has 0 aromatic rings. The van der Waals surface area contributed by atoms with Crippen LogP contribution in [0.4, 0.5) is 0 Å². The van der Waals surface area contributed by atoms with Crippen molar-refractivity contribution in [3.63, 3.8) is 0 Å². The molecule has 3 fully saturated rings. The summed E-state index contributed by atoms with van der Waals surface area (Å²) in [6, 6.07) is 0. The lowest BCUT2D eigenvalue weighted by Gasteiger charge is -2.39. The largest absolute Gasteiger partial charge is 0.343 e. The Hall–Kier alpha value is -0.280. The third kappa shape index (κ3) is 2.94. The van der Waals surface area contributed by atoms with E-state index < -0.39 is 0 Å². The predicted octanol–water partition coefficient (Wildman–Crippen LogP) is 1.81. The van der Waals surface area contributed by atoms with Gasteiger partial charge in [0.1, 0.15) is 0 Å². The minimum absolute atomic E-state index is 0. The average molecular weight is 259 g/mol. The van der Waals surface area contributed by atoms with Crippen molar-refractivity contribution in [1.82, 2.24) is 10.2 Å². The summed E-state index contributed by atoms with van der Waals surface area (Å²) in [5, 5.41) is 3.47. The number of nitrogens with one attached hydrogen (secondary N) is 1. The molecule has 0 aromatic carbocycles. The highest BCUT2D eigenvalue weighted by atomic mass is 35.5. The molecule has 1 N–H and O–H groups in total. The zero-order valence-electron chi connectivity index (χ0n) is 10.4. The molecule has 1 saturated carbocycles. The third-order valence-corrected chi connectivity index (χ3v) is 4.67. The minimum Gasteiger partial charge on any atom is -0.343 e. The van der Waals surface area contributed by atoms with E-state index in [2.05, 4.69) is 10.2 Å². The molecule has 3 nitrogen and oxygen atoms in total. The second-order valence-electron chi connectivity index (χ2n) is 5.96. The molecule has 0 radical (unpaired) electrons. The Labute approximate surface area is 110 Å². The monoisotopic (exact) mass is 258 g/mol.